The zero-order valence-electron chi connectivity index (χ0n) is 8.50. The molecule has 4 saturated carbocycles. The van der Waals surface area contributed by atoms with Gasteiger partial charge in [0.2, 0.25) is 0 Å². The first-order chi connectivity index (χ1) is 6.22. The van der Waals surface area contributed by atoms with Crippen molar-refractivity contribution in [2.45, 2.75) is 51.6 Å². The average Bonchev–Trinajstić information content (AvgIpc) is 2.11. The second kappa shape index (κ2) is 2.50. The first kappa shape index (κ1) is 8.28. The van der Waals surface area contributed by atoms with Crippen LogP contribution < -0.4 is 0 Å². The van der Waals surface area contributed by atoms with Gasteiger partial charge in [-0.15, -0.1) is 0 Å². The third-order valence-electron chi connectivity index (χ3n) is 5.38. The van der Waals surface area contributed by atoms with Gasteiger partial charge in [0.25, 0.3) is 0 Å². The molecule has 4 bridgehead atoms. The topological polar surface area (TPSA) is 20.2 Å². The SMILES string of the molecule is CC12CCC3CC1CCCC2C3O. The highest BCUT2D eigenvalue weighted by Crippen LogP contribution is 2.61. The van der Waals surface area contributed by atoms with Crippen LogP contribution in [0, 0.1) is 23.2 Å². The number of aliphatic hydroxyl groups excluding tert-OH is 1. The van der Waals surface area contributed by atoms with Crippen LogP contribution in [0.3, 0.4) is 0 Å². The molecule has 0 spiro atoms. The average molecular weight is 180 g/mol. The molecule has 0 aromatic heterocycles. The molecule has 1 nitrogen and oxygen atoms in total. The van der Waals surface area contributed by atoms with Crippen LogP contribution in [0.1, 0.15) is 45.4 Å². The molecule has 4 aliphatic rings. The molecule has 1 heteroatoms. The zero-order chi connectivity index (χ0) is 9.05. The van der Waals surface area contributed by atoms with Gasteiger partial charge < -0.3 is 5.11 Å². The normalized spacial score (nSPS) is 59.5. The number of aliphatic hydroxyl groups is 1. The Kier molecular flexibility index (Phi) is 1.59. The summed E-state index contributed by atoms with van der Waals surface area (Å²) in [5.74, 6) is 2.27. The minimum absolute atomic E-state index is 0.0512. The summed E-state index contributed by atoms with van der Waals surface area (Å²) in [5.41, 5.74) is 0.520. The van der Waals surface area contributed by atoms with Crippen LogP contribution in [0.4, 0.5) is 0 Å². The van der Waals surface area contributed by atoms with Gasteiger partial charge in [-0.1, -0.05) is 13.3 Å². The Morgan fingerprint density at radius 1 is 1.23 bits per heavy atom. The van der Waals surface area contributed by atoms with Crippen LogP contribution in [-0.2, 0) is 0 Å². The van der Waals surface area contributed by atoms with E-state index in [9.17, 15) is 5.11 Å². The second-order valence-electron chi connectivity index (χ2n) is 5.77. The van der Waals surface area contributed by atoms with Crippen molar-refractivity contribution in [2.24, 2.45) is 23.2 Å². The largest absolute Gasteiger partial charge is 0.393 e. The molecule has 5 unspecified atom stereocenters. The van der Waals surface area contributed by atoms with Crippen molar-refractivity contribution in [3.8, 4) is 0 Å². The van der Waals surface area contributed by atoms with Gasteiger partial charge in [-0.25, -0.2) is 0 Å². The lowest BCUT2D eigenvalue weighted by Crippen LogP contribution is -2.56. The minimum Gasteiger partial charge on any atom is -0.393 e. The van der Waals surface area contributed by atoms with E-state index in [-0.39, 0.29) is 6.10 Å². The second-order valence-corrected chi connectivity index (χ2v) is 5.77. The van der Waals surface area contributed by atoms with E-state index in [2.05, 4.69) is 6.92 Å². The molecule has 0 saturated heterocycles. The van der Waals surface area contributed by atoms with Gasteiger partial charge in [0.15, 0.2) is 0 Å². The fraction of sp³-hybridized carbons (Fsp3) is 1.00. The van der Waals surface area contributed by atoms with Crippen LogP contribution in [-0.4, -0.2) is 11.2 Å². The summed E-state index contributed by atoms with van der Waals surface area (Å²) < 4.78 is 0. The maximum Gasteiger partial charge on any atom is 0.0601 e. The van der Waals surface area contributed by atoms with Crippen LogP contribution >= 0.6 is 0 Å². The molecule has 0 amide bonds. The van der Waals surface area contributed by atoms with Crippen molar-refractivity contribution in [3.63, 3.8) is 0 Å². The molecule has 1 N–H and O–H groups in total. The molecule has 0 aliphatic heterocycles. The molecule has 74 valence electrons. The summed E-state index contributed by atoms with van der Waals surface area (Å²) in [4.78, 5) is 0. The lowest BCUT2D eigenvalue weighted by Gasteiger charge is -2.60. The maximum atomic E-state index is 10.2. The first-order valence-electron chi connectivity index (χ1n) is 5.90. The van der Waals surface area contributed by atoms with E-state index < -0.39 is 0 Å². The fourth-order valence-electron chi connectivity index (χ4n) is 4.50. The lowest BCUT2D eigenvalue weighted by atomic mass is 9.46. The smallest absolute Gasteiger partial charge is 0.0601 e. The lowest BCUT2D eigenvalue weighted by molar-refractivity contribution is -0.160. The van der Waals surface area contributed by atoms with E-state index in [1.165, 1.54) is 38.5 Å². The maximum absolute atomic E-state index is 10.2. The van der Waals surface area contributed by atoms with E-state index >= 15 is 0 Å². The van der Waals surface area contributed by atoms with Crippen molar-refractivity contribution in [1.82, 2.24) is 0 Å². The van der Waals surface area contributed by atoms with Gasteiger partial charge in [-0.2, -0.15) is 0 Å². The molecule has 4 rings (SSSR count). The van der Waals surface area contributed by atoms with Crippen molar-refractivity contribution < 1.29 is 5.11 Å². The number of fused-ring (bicyclic) bond motifs is 1. The van der Waals surface area contributed by atoms with Crippen molar-refractivity contribution in [1.29, 1.82) is 0 Å². The van der Waals surface area contributed by atoms with E-state index in [1.54, 1.807) is 0 Å². The summed E-state index contributed by atoms with van der Waals surface area (Å²) in [7, 11) is 0. The Morgan fingerprint density at radius 2 is 2.08 bits per heavy atom. The van der Waals surface area contributed by atoms with Crippen molar-refractivity contribution >= 4 is 0 Å². The number of hydrogen-bond donors (Lipinski definition) is 1. The van der Waals surface area contributed by atoms with Gasteiger partial charge in [0.05, 0.1) is 6.10 Å². The monoisotopic (exact) mass is 180 g/mol. The summed E-state index contributed by atoms with van der Waals surface area (Å²) >= 11 is 0. The van der Waals surface area contributed by atoms with Gasteiger partial charge in [0, 0.05) is 0 Å². The molecule has 0 aromatic carbocycles. The molecule has 4 fully saturated rings. The summed E-state index contributed by atoms with van der Waals surface area (Å²) in [6.07, 6.45) is 8.17. The molecule has 13 heavy (non-hydrogen) atoms. The summed E-state index contributed by atoms with van der Waals surface area (Å²) in [5, 5.41) is 10.2. The first-order valence-corrected chi connectivity index (χ1v) is 5.90. The van der Waals surface area contributed by atoms with E-state index in [0.29, 0.717) is 17.3 Å². The van der Waals surface area contributed by atoms with Crippen molar-refractivity contribution in [2.75, 3.05) is 0 Å². The Labute approximate surface area is 80.5 Å². The Balaban J connectivity index is 1.99. The molecule has 4 aliphatic carbocycles. The standard InChI is InChI=1S/C12H20O/c1-12-6-5-8-7-9(12)3-2-4-10(12)11(8)13/h8-11,13H,2-7H2,1H3. The highest BCUT2D eigenvalue weighted by atomic mass is 16.3. The minimum atomic E-state index is 0.0512. The summed E-state index contributed by atoms with van der Waals surface area (Å²) in [6.45, 7) is 2.44. The Hall–Kier alpha value is -0.0400. The third-order valence-corrected chi connectivity index (χ3v) is 5.38. The van der Waals surface area contributed by atoms with Crippen LogP contribution in [0.15, 0.2) is 0 Å². The van der Waals surface area contributed by atoms with Gasteiger partial charge >= 0.3 is 0 Å². The molecule has 0 radical (unpaired) electrons. The molecule has 5 atom stereocenters. The Bertz CT molecular complexity index is 225. The molecule has 0 aromatic rings. The predicted molar refractivity (Wildman–Crippen MR) is 52.3 cm³/mol. The van der Waals surface area contributed by atoms with E-state index in [1.807, 2.05) is 0 Å². The molecular formula is C12H20O. The third kappa shape index (κ3) is 0.918. The van der Waals surface area contributed by atoms with Gasteiger partial charge in [-0.05, 0) is 55.3 Å². The number of hydrogen-bond acceptors (Lipinski definition) is 1. The zero-order valence-corrected chi connectivity index (χ0v) is 8.50. The van der Waals surface area contributed by atoms with E-state index in [0.717, 1.165) is 5.92 Å². The fourth-order valence-corrected chi connectivity index (χ4v) is 4.50. The molecular weight excluding hydrogens is 160 g/mol. The highest BCUT2D eigenvalue weighted by molar-refractivity contribution is 5.06. The Morgan fingerprint density at radius 3 is 2.85 bits per heavy atom. The van der Waals surface area contributed by atoms with Crippen LogP contribution in [0.2, 0.25) is 0 Å². The van der Waals surface area contributed by atoms with Crippen molar-refractivity contribution in [3.05, 3.63) is 0 Å². The van der Waals surface area contributed by atoms with Gasteiger partial charge in [-0.3, -0.25) is 0 Å². The van der Waals surface area contributed by atoms with Crippen LogP contribution in [0.5, 0.6) is 0 Å². The highest BCUT2D eigenvalue weighted by Gasteiger charge is 2.56. The number of rotatable bonds is 0. The van der Waals surface area contributed by atoms with E-state index in [4.69, 9.17) is 0 Å². The molecule has 0 heterocycles. The van der Waals surface area contributed by atoms with Crippen LogP contribution in [0.25, 0.3) is 0 Å². The summed E-state index contributed by atoms with van der Waals surface area (Å²) in [6, 6.07) is 0. The van der Waals surface area contributed by atoms with Gasteiger partial charge in [0.1, 0.15) is 0 Å². The quantitative estimate of drug-likeness (QED) is 0.607. The predicted octanol–water partition coefficient (Wildman–Crippen LogP) is 2.58.